The van der Waals surface area contributed by atoms with Gasteiger partial charge in [0.2, 0.25) is 5.91 Å². The number of amides is 3. The van der Waals surface area contributed by atoms with Gasteiger partial charge in [0.25, 0.3) is 11.8 Å². The van der Waals surface area contributed by atoms with Gasteiger partial charge in [-0.25, -0.2) is 0 Å². The third-order valence-corrected chi connectivity index (χ3v) is 4.45. The van der Waals surface area contributed by atoms with E-state index in [1.807, 2.05) is 5.38 Å². The van der Waals surface area contributed by atoms with Crippen LogP contribution in [-0.2, 0) is 11.3 Å². The van der Waals surface area contributed by atoms with Gasteiger partial charge in [-0.15, -0.1) is 11.3 Å². The Hall–Kier alpha value is -3.39. The Morgan fingerprint density at radius 3 is 2.59 bits per heavy atom. The van der Waals surface area contributed by atoms with Crippen molar-refractivity contribution >= 4 is 34.7 Å². The van der Waals surface area contributed by atoms with Gasteiger partial charge in [-0.05, 0) is 41.8 Å². The second kappa shape index (κ2) is 8.81. The Labute approximate surface area is 159 Å². The first-order valence-corrected chi connectivity index (χ1v) is 9.02. The van der Waals surface area contributed by atoms with Crippen molar-refractivity contribution < 1.29 is 18.8 Å². The fourth-order valence-corrected chi connectivity index (χ4v) is 2.88. The normalized spacial score (nSPS) is 10.2. The zero-order valence-electron chi connectivity index (χ0n) is 14.2. The number of carbonyl (C=O) groups is 3. The van der Waals surface area contributed by atoms with E-state index >= 15 is 0 Å². The fraction of sp³-hybridized carbons (Fsp3) is 0.105. The molecule has 0 atom stereocenters. The van der Waals surface area contributed by atoms with Gasteiger partial charge >= 0.3 is 0 Å². The second-order valence-electron chi connectivity index (χ2n) is 5.55. The van der Waals surface area contributed by atoms with Gasteiger partial charge in [0.1, 0.15) is 5.76 Å². The lowest BCUT2D eigenvalue weighted by Gasteiger charge is -2.08. The van der Waals surface area contributed by atoms with Crippen molar-refractivity contribution in [1.29, 1.82) is 0 Å². The molecule has 138 valence electrons. The lowest BCUT2D eigenvalue weighted by Crippen LogP contribution is -2.36. The number of thiophene rings is 1. The van der Waals surface area contributed by atoms with Crippen molar-refractivity contribution in [2.45, 2.75) is 6.54 Å². The summed E-state index contributed by atoms with van der Waals surface area (Å²) in [5.41, 5.74) is 0.848. The molecule has 0 aliphatic rings. The third-order valence-electron chi connectivity index (χ3n) is 3.58. The van der Waals surface area contributed by atoms with E-state index in [1.54, 1.807) is 48.5 Å². The molecule has 0 unspecified atom stereocenters. The summed E-state index contributed by atoms with van der Waals surface area (Å²) in [6.07, 6.45) is 1.52. The molecule has 0 aliphatic heterocycles. The van der Waals surface area contributed by atoms with Gasteiger partial charge in [0.05, 0.1) is 24.2 Å². The molecule has 0 saturated carbocycles. The quantitative estimate of drug-likeness (QED) is 0.584. The standard InChI is InChI=1S/C19H17N3O4S/c23-17(20-11-15-6-2-8-26-15)12-21-18(24)13-4-1-5-14(10-13)22-19(25)16-7-3-9-27-16/h1-10H,11-12H2,(H,20,23)(H,21,24)(H,22,25). The van der Waals surface area contributed by atoms with Crippen LogP contribution < -0.4 is 16.0 Å². The van der Waals surface area contributed by atoms with Crippen LogP contribution in [0.3, 0.4) is 0 Å². The highest BCUT2D eigenvalue weighted by molar-refractivity contribution is 7.12. The van der Waals surface area contributed by atoms with E-state index in [-0.39, 0.29) is 24.9 Å². The van der Waals surface area contributed by atoms with Gasteiger partial charge in [0, 0.05) is 11.3 Å². The molecule has 27 heavy (non-hydrogen) atoms. The molecule has 3 rings (SSSR count). The molecule has 0 spiro atoms. The van der Waals surface area contributed by atoms with Crippen LogP contribution in [0, 0.1) is 0 Å². The molecule has 0 bridgehead atoms. The van der Waals surface area contributed by atoms with Crippen LogP contribution in [0.4, 0.5) is 5.69 Å². The lowest BCUT2D eigenvalue weighted by atomic mass is 10.2. The van der Waals surface area contributed by atoms with Crippen LogP contribution in [0.2, 0.25) is 0 Å². The number of nitrogens with one attached hydrogen (secondary N) is 3. The van der Waals surface area contributed by atoms with Crippen molar-refractivity contribution in [3.05, 3.63) is 76.4 Å². The van der Waals surface area contributed by atoms with E-state index in [0.29, 0.717) is 21.9 Å². The van der Waals surface area contributed by atoms with Gasteiger partial charge in [-0.2, -0.15) is 0 Å². The molecule has 2 aromatic heterocycles. The first-order chi connectivity index (χ1) is 13.1. The minimum absolute atomic E-state index is 0.161. The molecule has 0 aliphatic carbocycles. The Bertz CT molecular complexity index is 920. The van der Waals surface area contributed by atoms with E-state index in [0.717, 1.165) is 0 Å². The summed E-state index contributed by atoms with van der Waals surface area (Å²) in [4.78, 5) is 36.7. The van der Waals surface area contributed by atoms with E-state index in [9.17, 15) is 14.4 Å². The van der Waals surface area contributed by atoms with Gasteiger partial charge < -0.3 is 20.4 Å². The predicted octanol–water partition coefficient (Wildman–Crippen LogP) is 2.64. The maximum Gasteiger partial charge on any atom is 0.265 e. The number of anilines is 1. The molecular weight excluding hydrogens is 366 g/mol. The van der Waals surface area contributed by atoms with Crippen LogP contribution in [-0.4, -0.2) is 24.3 Å². The number of hydrogen-bond donors (Lipinski definition) is 3. The number of benzene rings is 1. The highest BCUT2D eigenvalue weighted by Crippen LogP contribution is 2.15. The molecule has 3 N–H and O–H groups in total. The maximum absolute atomic E-state index is 12.2. The Morgan fingerprint density at radius 1 is 0.963 bits per heavy atom. The number of hydrogen-bond acceptors (Lipinski definition) is 5. The SMILES string of the molecule is O=C(CNC(=O)c1cccc(NC(=O)c2cccs2)c1)NCc1ccco1. The molecule has 8 heteroatoms. The van der Waals surface area contributed by atoms with Crippen LogP contribution in [0.25, 0.3) is 0 Å². The molecule has 0 radical (unpaired) electrons. The summed E-state index contributed by atoms with van der Waals surface area (Å²) in [5, 5.41) is 9.74. The average molecular weight is 383 g/mol. The van der Waals surface area contributed by atoms with E-state index in [4.69, 9.17) is 4.42 Å². The molecule has 1 aromatic carbocycles. The number of rotatable bonds is 7. The third kappa shape index (κ3) is 5.29. The van der Waals surface area contributed by atoms with E-state index in [1.165, 1.54) is 17.6 Å². The first kappa shape index (κ1) is 18.4. The summed E-state index contributed by atoms with van der Waals surface area (Å²) in [5.74, 6) is -0.346. The molecule has 2 heterocycles. The smallest absolute Gasteiger partial charge is 0.265 e. The van der Waals surface area contributed by atoms with Gasteiger partial charge in [-0.1, -0.05) is 12.1 Å². The maximum atomic E-state index is 12.2. The van der Waals surface area contributed by atoms with Crippen molar-refractivity contribution in [1.82, 2.24) is 10.6 Å². The first-order valence-electron chi connectivity index (χ1n) is 8.14. The molecular formula is C19H17N3O4S. The van der Waals surface area contributed by atoms with E-state index < -0.39 is 5.91 Å². The van der Waals surface area contributed by atoms with Gasteiger partial charge in [0.15, 0.2) is 0 Å². The summed E-state index contributed by atoms with van der Waals surface area (Å²) >= 11 is 1.33. The molecule has 3 amide bonds. The summed E-state index contributed by atoms with van der Waals surface area (Å²) < 4.78 is 5.11. The van der Waals surface area contributed by atoms with Crippen LogP contribution >= 0.6 is 11.3 Å². The highest BCUT2D eigenvalue weighted by Gasteiger charge is 2.11. The molecule has 0 saturated heterocycles. The Morgan fingerprint density at radius 2 is 1.85 bits per heavy atom. The van der Waals surface area contributed by atoms with Gasteiger partial charge in [-0.3, -0.25) is 14.4 Å². The van der Waals surface area contributed by atoms with E-state index in [2.05, 4.69) is 16.0 Å². The second-order valence-corrected chi connectivity index (χ2v) is 6.50. The Kier molecular flexibility index (Phi) is 6.01. The largest absolute Gasteiger partial charge is 0.467 e. The summed E-state index contributed by atoms with van der Waals surface area (Å²) in [6, 6.07) is 13.5. The fourth-order valence-electron chi connectivity index (χ4n) is 2.26. The molecule has 0 fully saturated rings. The van der Waals surface area contributed by atoms with Crippen LogP contribution in [0.15, 0.2) is 64.6 Å². The number of furan rings is 1. The lowest BCUT2D eigenvalue weighted by molar-refractivity contribution is -0.120. The summed E-state index contributed by atoms with van der Waals surface area (Å²) in [7, 11) is 0. The molecule has 7 nitrogen and oxygen atoms in total. The van der Waals surface area contributed by atoms with Crippen molar-refractivity contribution in [3.8, 4) is 0 Å². The van der Waals surface area contributed by atoms with Crippen molar-refractivity contribution in [2.24, 2.45) is 0 Å². The average Bonchev–Trinajstić information content (AvgIpc) is 3.38. The Balaban J connectivity index is 1.50. The molecule has 3 aromatic rings. The minimum Gasteiger partial charge on any atom is -0.467 e. The number of carbonyl (C=O) groups excluding carboxylic acids is 3. The zero-order valence-corrected chi connectivity index (χ0v) is 15.0. The monoisotopic (exact) mass is 383 g/mol. The zero-order chi connectivity index (χ0) is 19.1. The predicted molar refractivity (Wildman–Crippen MR) is 102 cm³/mol. The minimum atomic E-state index is -0.407. The van der Waals surface area contributed by atoms with Crippen molar-refractivity contribution in [3.63, 3.8) is 0 Å². The highest BCUT2D eigenvalue weighted by atomic mass is 32.1. The van der Waals surface area contributed by atoms with Crippen LogP contribution in [0.1, 0.15) is 25.8 Å². The summed E-state index contributed by atoms with van der Waals surface area (Å²) in [6.45, 7) is 0.0945. The van der Waals surface area contributed by atoms with Crippen molar-refractivity contribution in [2.75, 3.05) is 11.9 Å². The van der Waals surface area contributed by atoms with Crippen LogP contribution in [0.5, 0.6) is 0 Å². The topological polar surface area (TPSA) is 100 Å².